The Balaban J connectivity index is 1.29. The van der Waals surface area contributed by atoms with E-state index in [1.807, 2.05) is 23.9 Å². The van der Waals surface area contributed by atoms with Crippen molar-refractivity contribution < 1.29 is 9.84 Å². The number of ether oxygens (including phenoxy) is 1. The molecule has 33 heavy (non-hydrogen) atoms. The summed E-state index contributed by atoms with van der Waals surface area (Å²) in [4.78, 5) is 3.94. The Kier molecular flexibility index (Phi) is 7.23. The normalized spacial score (nSPS) is 20.4. The Morgan fingerprint density at radius 1 is 0.879 bits per heavy atom. The highest BCUT2D eigenvalue weighted by Crippen LogP contribution is 2.47. The van der Waals surface area contributed by atoms with Crippen LogP contribution in [-0.2, 0) is 0 Å². The van der Waals surface area contributed by atoms with Gasteiger partial charge in [0, 0.05) is 22.3 Å². The maximum absolute atomic E-state index is 10.2. The van der Waals surface area contributed by atoms with Gasteiger partial charge in [-0.05, 0) is 92.5 Å². The van der Waals surface area contributed by atoms with Crippen molar-refractivity contribution in [2.75, 3.05) is 32.0 Å². The molecule has 1 fully saturated rings. The third-order valence-corrected chi connectivity index (χ3v) is 8.05. The Morgan fingerprint density at radius 3 is 2.45 bits per heavy atom. The number of nitrogens with zero attached hydrogens (tertiary/aromatic N) is 1. The van der Waals surface area contributed by atoms with E-state index in [4.69, 9.17) is 4.74 Å². The molecule has 0 amide bonds. The molecule has 0 spiro atoms. The molecule has 3 aromatic carbocycles. The molecule has 2 aliphatic heterocycles. The second-order valence-electron chi connectivity index (χ2n) is 9.20. The van der Waals surface area contributed by atoms with E-state index in [-0.39, 0.29) is 17.6 Å². The van der Waals surface area contributed by atoms with Gasteiger partial charge < -0.3 is 14.7 Å². The zero-order chi connectivity index (χ0) is 22.5. The van der Waals surface area contributed by atoms with E-state index >= 15 is 0 Å². The van der Waals surface area contributed by atoms with Crippen LogP contribution in [0.15, 0.2) is 77.7 Å². The monoisotopic (exact) mass is 459 g/mol. The van der Waals surface area contributed by atoms with Crippen molar-refractivity contribution in [3.05, 3.63) is 89.5 Å². The summed E-state index contributed by atoms with van der Waals surface area (Å²) >= 11 is 1.96. The fourth-order valence-electron chi connectivity index (χ4n) is 5.21. The predicted octanol–water partition coefficient (Wildman–Crippen LogP) is 6.67. The van der Waals surface area contributed by atoms with Crippen molar-refractivity contribution >= 4 is 11.8 Å². The topological polar surface area (TPSA) is 32.7 Å². The van der Waals surface area contributed by atoms with Gasteiger partial charge in [-0.2, -0.15) is 0 Å². The summed E-state index contributed by atoms with van der Waals surface area (Å²) in [6, 6.07) is 25.1. The van der Waals surface area contributed by atoms with Gasteiger partial charge in [0.2, 0.25) is 0 Å². The quantitative estimate of drug-likeness (QED) is 0.301. The van der Waals surface area contributed by atoms with E-state index in [1.165, 1.54) is 67.1 Å². The highest BCUT2D eigenvalue weighted by Gasteiger charge is 2.33. The number of aromatic hydroxyl groups is 1. The zero-order valence-corrected chi connectivity index (χ0v) is 20.0. The van der Waals surface area contributed by atoms with E-state index in [0.29, 0.717) is 6.61 Å². The van der Waals surface area contributed by atoms with Crippen LogP contribution in [0.1, 0.15) is 54.2 Å². The lowest BCUT2D eigenvalue weighted by molar-refractivity contribution is 0.248. The van der Waals surface area contributed by atoms with Gasteiger partial charge in [-0.25, -0.2) is 0 Å². The number of hydrogen-bond donors (Lipinski definition) is 1. The number of likely N-dealkylation sites (tertiary alicyclic amines) is 1. The minimum atomic E-state index is 0.155. The van der Waals surface area contributed by atoms with Crippen molar-refractivity contribution in [3.8, 4) is 11.5 Å². The fraction of sp³-hybridized carbons (Fsp3) is 0.379. The molecule has 0 radical (unpaired) electrons. The summed E-state index contributed by atoms with van der Waals surface area (Å²) < 4.78 is 6.12. The molecule has 5 rings (SSSR count). The van der Waals surface area contributed by atoms with Gasteiger partial charge in [0.25, 0.3) is 0 Å². The molecular weight excluding hydrogens is 426 g/mol. The lowest BCUT2D eigenvalue weighted by Gasteiger charge is -2.34. The van der Waals surface area contributed by atoms with Gasteiger partial charge in [0.15, 0.2) is 0 Å². The van der Waals surface area contributed by atoms with E-state index in [2.05, 4.69) is 59.5 Å². The van der Waals surface area contributed by atoms with E-state index in [1.54, 1.807) is 6.07 Å². The second-order valence-corrected chi connectivity index (χ2v) is 10.4. The van der Waals surface area contributed by atoms with Gasteiger partial charge in [-0.15, -0.1) is 11.8 Å². The lowest BCUT2D eigenvalue weighted by atomic mass is 9.76. The first-order valence-electron chi connectivity index (χ1n) is 12.2. The number of unbranched alkanes of at least 4 members (excludes halogenated alkanes) is 1. The maximum atomic E-state index is 10.2. The third-order valence-electron chi connectivity index (χ3n) is 6.95. The summed E-state index contributed by atoms with van der Waals surface area (Å²) in [6.45, 7) is 4.49. The Morgan fingerprint density at radius 2 is 1.67 bits per heavy atom. The number of benzene rings is 3. The SMILES string of the molecule is Oc1ccc2c(c1)[C@H](c1ccc(SCCCCN3CCCC3)cc1)[C@H](c1ccccc1)CO2. The van der Waals surface area contributed by atoms with Crippen molar-refractivity contribution in [3.63, 3.8) is 0 Å². The molecule has 0 saturated carbocycles. The molecule has 0 bridgehead atoms. The zero-order valence-electron chi connectivity index (χ0n) is 19.2. The molecule has 0 unspecified atom stereocenters. The average molecular weight is 460 g/mol. The number of fused-ring (bicyclic) bond motifs is 1. The first-order valence-corrected chi connectivity index (χ1v) is 13.2. The number of thioether (sulfide) groups is 1. The first-order chi connectivity index (χ1) is 16.3. The largest absolute Gasteiger partial charge is 0.508 e. The molecule has 2 atom stereocenters. The highest BCUT2D eigenvalue weighted by molar-refractivity contribution is 7.99. The van der Waals surface area contributed by atoms with Crippen LogP contribution in [0.25, 0.3) is 0 Å². The Labute approximate surface area is 201 Å². The van der Waals surface area contributed by atoms with Crippen LogP contribution in [0, 0.1) is 0 Å². The van der Waals surface area contributed by atoms with Gasteiger partial charge >= 0.3 is 0 Å². The molecule has 172 valence electrons. The molecule has 0 aromatic heterocycles. The number of hydrogen-bond acceptors (Lipinski definition) is 4. The van der Waals surface area contributed by atoms with Crippen LogP contribution in [0.4, 0.5) is 0 Å². The first kappa shape index (κ1) is 22.4. The highest BCUT2D eigenvalue weighted by atomic mass is 32.2. The summed E-state index contributed by atoms with van der Waals surface area (Å²) in [5.41, 5.74) is 3.61. The molecule has 2 aliphatic rings. The smallest absolute Gasteiger partial charge is 0.123 e. The Hall–Kier alpha value is -2.43. The van der Waals surface area contributed by atoms with Gasteiger partial charge in [0.1, 0.15) is 11.5 Å². The van der Waals surface area contributed by atoms with Crippen molar-refractivity contribution in [1.29, 1.82) is 0 Å². The van der Waals surface area contributed by atoms with Crippen LogP contribution in [0.3, 0.4) is 0 Å². The van der Waals surface area contributed by atoms with Crippen LogP contribution in [0.5, 0.6) is 11.5 Å². The summed E-state index contributed by atoms with van der Waals surface area (Å²) in [7, 11) is 0. The molecule has 3 aromatic rings. The van der Waals surface area contributed by atoms with Crippen molar-refractivity contribution in [2.45, 2.75) is 42.4 Å². The predicted molar refractivity (Wildman–Crippen MR) is 137 cm³/mol. The molecular formula is C29H33NO2S. The van der Waals surface area contributed by atoms with E-state index in [9.17, 15) is 5.11 Å². The van der Waals surface area contributed by atoms with Crippen LogP contribution < -0.4 is 4.74 Å². The molecule has 2 heterocycles. The van der Waals surface area contributed by atoms with Crippen LogP contribution in [-0.4, -0.2) is 42.0 Å². The molecule has 1 N–H and O–H groups in total. The summed E-state index contributed by atoms with van der Waals surface area (Å²) in [5.74, 6) is 2.71. The van der Waals surface area contributed by atoms with E-state index < -0.39 is 0 Å². The van der Waals surface area contributed by atoms with Crippen molar-refractivity contribution in [1.82, 2.24) is 4.90 Å². The molecule has 3 nitrogen and oxygen atoms in total. The van der Waals surface area contributed by atoms with E-state index in [0.717, 1.165) is 11.3 Å². The number of rotatable bonds is 8. The summed E-state index contributed by atoms with van der Waals surface area (Å²) in [6.07, 6.45) is 5.32. The number of phenols is 1. The second kappa shape index (κ2) is 10.7. The standard InChI is InChI=1S/C29H33NO2S/c31-24-12-15-28-26(20-24)29(27(21-32-28)22-8-2-1-3-9-22)23-10-13-25(14-11-23)33-19-7-6-18-30-16-4-5-17-30/h1-3,8-15,20,27,29,31H,4-7,16-19,21H2/t27-,29-/m0/s1. The minimum absolute atomic E-state index is 0.155. The summed E-state index contributed by atoms with van der Waals surface area (Å²) in [5, 5.41) is 10.2. The fourth-order valence-corrected chi connectivity index (χ4v) is 6.12. The van der Waals surface area contributed by atoms with Gasteiger partial charge in [-0.1, -0.05) is 42.5 Å². The van der Waals surface area contributed by atoms with Gasteiger partial charge in [0.05, 0.1) is 6.61 Å². The maximum Gasteiger partial charge on any atom is 0.123 e. The molecule has 1 saturated heterocycles. The third kappa shape index (κ3) is 5.39. The molecule has 0 aliphatic carbocycles. The lowest BCUT2D eigenvalue weighted by Crippen LogP contribution is -2.25. The minimum Gasteiger partial charge on any atom is -0.508 e. The van der Waals surface area contributed by atoms with Crippen LogP contribution >= 0.6 is 11.8 Å². The van der Waals surface area contributed by atoms with Gasteiger partial charge in [-0.3, -0.25) is 0 Å². The van der Waals surface area contributed by atoms with Crippen molar-refractivity contribution in [2.24, 2.45) is 0 Å². The average Bonchev–Trinajstić information content (AvgIpc) is 3.38. The Bertz CT molecular complexity index is 1030. The van der Waals surface area contributed by atoms with Crippen LogP contribution in [0.2, 0.25) is 0 Å². The number of phenolic OH excluding ortho intramolecular Hbond substituents is 1. The molecule has 4 heteroatoms.